The zero-order chi connectivity index (χ0) is 29.0. The first-order chi connectivity index (χ1) is 21.2. The van der Waals surface area contributed by atoms with Crippen LogP contribution in [0.5, 0.6) is 0 Å². The van der Waals surface area contributed by atoms with Gasteiger partial charge >= 0.3 is 0 Å². The maximum absolute atomic E-state index is 6.50. The lowest BCUT2D eigenvalue weighted by Crippen LogP contribution is -1.98. The van der Waals surface area contributed by atoms with Gasteiger partial charge in [-0.2, -0.15) is 9.97 Å². The lowest BCUT2D eigenvalue weighted by Gasteiger charge is -2.11. The van der Waals surface area contributed by atoms with Gasteiger partial charge in [-0.05, 0) is 80.4 Å². The second kappa shape index (κ2) is 11.8. The standard InChI is InChI=1S/C39H26ClN3/c40-39-42-37(31-21-19-30(20-22-31)33-18-10-17-32(23-33)27-11-4-1-5-12-27)41-38(43-39)36-25-34(28-13-6-2-7-14-28)24-35(26-36)29-15-8-3-9-16-29/h1-26H. The van der Waals surface area contributed by atoms with Crippen LogP contribution in [0.25, 0.3) is 67.3 Å². The zero-order valence-electron chi connectivity index (χ0n) is 23.2. The van der Waals surface area contributed by atoms with E-state index < -0.39 is 0 Å². The van der Waals surface area contributed by atoms with Crippen molar-refractivity contribution < 1.29 is 0 Å². The van der Waals surface area contributed by atoms with Crippen molar-refractivity contribution in [2.24, 2.45) is 0 Å². The van der Waals surface area contributed by atoms with Crippen LogP contribution >= 0.6 is 11.6 Å². The highest BCUT2D eigenvalue weighted by molar-refractivity contribution is 6.28. The van der Waals surface area contributed by atoms with Crippen LogP contribution in [-0.4, -0.2) is 15.0 Å². The third-order valence-electron chi connectivity index (χ3n) is 7.46. The molecule has 0 radical (unpaired) electrons. The van der Waals surface area contributed by atoms with E-state index in [0.29, 0.717) is 11.6 Å². The molecule has 0 spiro atoms. The van der Waals surface area contributed by atoms with E-state index >= 15 is 0 Å². The van der Waals surface area contributed by atoms with Gasteiger partial charge in [0.25, 0.3) is 0 Å². The van der Waals surface area contributed by atoms with E-state index in [1.54, 1.807) is 0 Å². The topological polar surface area (TPSA) is 38.7 Å². The molecule has 0 saturated heterocycles. The fourth-order valence-corrected chi connectivity index (χ4v) is 5.44. The fourth-order valence-electron chi connectivity index (χ4n) is 5.28. The number of halogens is 1. The summed E-state index contributed by atoms with van der Waals surface area (Å²) in [5.41, 5.74) is 10.8. The highest BCUT2D eigenvalue weighted by Gasteiger charge is 2.13. The fraction of sp³-hybridized carbons (Fsp3) is 0. The number of benzene rings is 6. The first kappa shape index (κ1) is 26.5. The summed E-state index contributed by atoms with van der Waals surface area (Å²) in [5, 5.41) is 0.158. The summed E-state index contributed by atoms with van der Waals surface area (Å²) < 4.78 is 0. The summed E-state index contributed by atoms with van der Waals surface area (Å²) in [7, 11) is 0. The van der Waals surface area contributed by atoms with Crippen molar-refractivity contribution in [1.29, 1.82) is 0 Å². The number of rotatable bonds is 6. The molecule has 0 bridgehead atoms. The predicted octanol–water partition coefficient (Wildman–Crippen LogP) is 10.5. The van der Waals surface area contributed by atoms with Crippen LogP contribution in [0.15, 0.2) is 158 Å². The lowest BCUT2D eigenvalue weighted by atomic mass is 9.96. The molecule has 3 nitrogen and oxygen atoms in total. The molecule has 43 heavy (non-hydrogen) atoms. The van der Waals surface area contributed by atoms with E-state index in [9.17, 15) is 0 Å². The lowest BCUT2D eigenvalue weighted by molar-refractivity contribution is 1.07. The highest BCUT2D eigenvalue weighted by Crippen LogP contribution is 2.33. The monoisotopic (exact) mass is 571 g/mol. The average Bonchev–Trinajstić information content (AvgIpc) is 3.09. The molecule has 1 aromatic heterocycles. The van der Waals surface area contributed by atoms with Gasteiger partial charge in [-0.1, -0.05) is 133 Å². The van der Waals surface area contributed by atoms with E-state index in [0.717, 1.165) is 44.5 Å². The van der Waals surface area contributed by atoms with Crippen LogP contribution in [0.1, 0.15) is 0 Å². The van der Waals surface area contributed by atoms with Gasteiger partial charge in [0.2, 0.25) is 5.28 Å². The molecule has 0 amide bonds. The quantitative estimate of drug-likeness (QED) is 0.199. The molecule has 0 aliphatic rings. The van der Waals surface area contributed by atoms with Gasteiger partial charge in [0.05, 0.1) is 0 Å². The second-order valence-electron chi connectivity index (χ2n) is 10.3. The summed E-state index contributed by atoms with van der Waals surface area (Å²) in [5.74, 6) is 1.07. The maximum atomic E-state index is 6.50. The van der Waals surface area contributed by atoms with E-state index in [4.69, 9.17) is 16.6 Å². The van der Waals surface area contributed by atoms with Crippen molar-refractivity contribution in [1.82, 2.24) is 15.0 Å². The van der Waals surface area contributed by atoms with Crippen LogP contribution in [-0.2, 0) is 0 Å². The summed E-state index contributed by atoms with van der Waals surface area (Å²) in [6, 6.07) is 54.3. The molecule has 0 fully saturated rings. The maximum Gasteiger partial charge on any atom is 0.226 e. The minimum atomic E-state index is 0.158. The van der Waals surface area contributed by atoms with Crippen molar-refractivity contribution in [3.8, 4) is 67.3 Å². The smallest absolute Gasteiger partial charge is 0.208 e. The second-order valence-corrected chi connectivity index (χ2v) is 10.6. The molecular weight excluding hydrogens is 546 g/mol. The number of hydrogen-bond donors (Lipinski definition) is 0. The van der Waals surface area contributed by atoms with Gasteiger partial charge in [-0.25, -0.2) is 4.98 Å². The Morgan fingerprint density at radius 1 is 0.279 bits per heavy atom. The number of nitrogens with zero attached hydrogens (tertiary/aromatic N) is 3. The van der Waals surface area contributed by atoms with Crippen molar-refractivity contribution >= 4 is 11.6 Å². The number of hydrogen-bond acceptors (Lipinski definition) is 3. The third-order valence-corrected chi connectivity index (χ3v) is 7.63. The van der Waals surface area contributed by atoms with Crippen molar-refractivity contribution in [3.63, 3.8) is 0 Å². The Balaban J connectivity index is 1.25. The first-order valence-corrected chi connectivity index (χ1v) is 14.5. The van der Waals surface area contributed by atoms with Crippen LogP contribution in [0.4, 0.5) is 0 Å². The van der Waals surface area contributed by atoms with Gasteiger partial charge in [-0.15, -0.1) is 0 Å². The van der Waals surface area contributed by atoms with E-state index in [2.05, 4.69) is 113 Å². The normalized spacial score (nSPS) is 10.9. The molecule has 0 aliphatic carbocycles. The average molecular weight is 572 g/mol. The number of aromatic nitrogens is 3. The molecule has 0 unspecified atom stereocenters. The van der Waals surface area contributed by atoms with Crippen LogP contribution in [0, 0.1) is 0 Å². The molecule has 0 N–H and O–H groups in total. The molecule has 0 saturated carbocycles. The first-order valence-electron chi connectivity index (χ1n) is 14.1. The van der Waals surface area contributed by atoms with E-state index in [1.165, 1.54) is 11.1 Å². The van der Waals surface area contributed by atoms with Gasteiger partial charge in [0, 0.05) is 11.1 Å². The van der Waals surface area contributed by atoms with E-state index in [1.807, 2.05) is 54.6 Å². The van der Waals surface area contributed by atoms with Gasteiger partial charge < -0.3 is 0 Å². The predicted molar refractivity (Wildman–Crippen MR) is 177 cm³/mol. The molecule has 4 heteroatoms. The molecule has 7 rings (SSSR count). The molecule has 7 aromatic rings. The van der Waals surface area contributed by atoms with Crippen LogP contribution < -0.4 is 0 Å². The molecule has 0 aliphatic heterocycles. The SMILES string of the molecule is Clc1nc(-c2ccc(-c3cccc(-c4ccccc4)c3)cc2)nc(-c2cc(-c3ccccc3)cc(-c3ccccc3)c2)n1. The van der Waals surface area contributed by atoms with Crippen LogP contribution in [0.2, 0.25) is 5.28 Å². The van der Waals surface area contributed by atoms with Crippen LogP contribution in [0.3, 0.4) is 0 Å². The molecule has 6 aromatic carbocycles. The van der Waals surface area contributed by atoms with Crippen molar-refractivity contribution in [3.05, 3.63) is 163 Å². The minimum Gasteiger partial charge on any atom is -0.208 e. The highest BCUT2D eigenvalue weighted by atomic mass is 35.5. The summed E-state index contributed by atoms with van der Waals surface area (Å²) in [4.78, 5) is 13.9. The molecule has 204 valence electrons. The largest absolute Gasteiger partial charge is 0.226 e. The van der Waals surface area contributed by atoms with Gasteiger partial charge in [-0.3, -0.25) is 0 Å². The van der Waals surface area contributed by atoms with Gasteiger partial charge in [0.1, 0.15) is 0 Å². The summed E-state index contributed by atoms with van der Waals surface area (Å²) in [6.07, 6.45) is 0. The zero-order valence-corrected chi connectivity index (χ0v) is 24.0. The Bertz CT molecular complexity index is 1950. The Morgan fingerprint density at radius 2 is 0.628 bits per heavy atom. The Kier molecular flexibility index (Phi) is 7.31. The summed E-state index contributed by atoms with van der Waals surface area (Å²) in [6.45, 7) is 0. The molecule has 0 atom stereocenters. The minimum absolute atomic E-state index is 0.158. The van der Waals surface area contributed by atoms with Crippen molar-refractivity contribution in [2.45, 2.75) is 0 Å². The van der Waals surface area contributed by atoms with Gasteiger partial charge in [0.15, 0.2) is 11.6 Å². The van der Waals surface area contributed by atoms with E-state index in [-0.39, 0.29) is 5.28 Å². The Morgan fingerprint density at radius 3 is 1.14 bits per heavy atom. The Labute approximate surface area is 256 Å². The van der Waals surface area contributed by atoms with Crippen molar-refractivity contribution in [2.75, 3.05) is 0 Å². The third kappa shape index (κ3) is 5.85. The molecular formula is C39H26ClN3. The summed E-state index contributed by atoms with van der Waals surface area (Å²) >= 11 is 6.50. The Hall–Kier alpha value is -5.38. The molecule has 1 heterocycles.